The summed E-state index contributed by atoms with van der Waals surface area (Å²) >= 11 is 0. The lowest BCUT2D eigenvalue weighted by Crippen LogP contribution is -2.45. The predicted octanol–water partition coefficient (Wildman–Crippen LogP) is 1.59. The predicted molar refractivity (Wildman–Crippen MR) is 81.4 cm³/mol. The van der Waals surface area contributed by atoms with Gasteiger partial charge < -0.3 is 14.7 Å². The second kappa shape index (κ2) is 6.57. The van der Waals surface area contributed by atoms with E-state index in [-0.39, 0.29) is 0 Å². The summed E-state index contributed by atoms with van der Waals surface area (Å²) in [5.74, 6) is 0.817. The summed E-state index contributed by atoms with van der Waals surface area (Å²) in [5, 5.41) is 10.6. The molecule has 1 atom stereocenters. The third kappa shape index (κ3) is 3.51. The van der Waals surface area contributed by atoms with E-state index in [9.17, 15) is 5.11 Å². The van der Waals surface area contributed by atoms with Gasteiger partial charge in [0.25, 0.3) is 0 Å². The highest BCUT2D eigenvalue weighted by Gasteiger charge is 2.21. The van der Waals surface area contributed by atoms with Crippen molar-refractivity contribution in [2.75, 3.05) is 46.9 Å². The molecule has 2 rings (SSSR count). The summed E-state index contributed by atoms with van der Waals surface area (Å²) in [5.41, 5.74) is 3.15. The smallest absolute Gasteiger partial charge is 0.127 e. The average Bonchev–Trinajstić information content (AvgIpc) is 2.40. The Morgan fingerprint density at radius 2 is 1.85 bits per heavy atom. The number of hydrogen-bond acceptors (Lipinski definition) is 4. The Balaban J connectivity index is 2.10. The molecule has 1 heterocycles. The summed E-state index contributed by atoms with van der Waals surface area (Å²) < 4.78 is 5.47. The van der Waals surface area contributed by atoms with Crippen LogP contribution in [0.4, 0.5) is 0 Å². The molecule has 1 aromatic carbocycles. The van der Waals surface area contributed by atoms with Crippen molar-refractivity contribution < 1.29 is 9.84 Å². The molecule has 1 aromatic rings. The van der Waals surface area contributed by atoms with Gasteiger partial charge in [0, 0.05) is 38.3 Å². The van der Waals surface area contributed by atoms with Gasteiger partial charge in [-0.25, -0.2) is 0 Å². The molecule has 1 aliphatic heterocycles. The highest BCUT2D eigenvalue weighted by atomic mass is 16.5. The molecule has 0 aliphatic carbocycles. The number of methoxy groups -OCH3 is 1. The zero-order valence-corrected chi connectivity index (χ0v) is 13.0. The first kappa shape index (κ1) is 15.3. The Kier molecular flexibility index (Phi) is 5.02. The highest BCUT2D eigenvalue weighted by Crippen LogP contribution is 2.30. The van der Waals surface area contributed by atoms with E-state index in [4.69, 9.17) is 4.74 Å². The van der Waals surface area contributed by atoms with Crippen molar-refractivity contribution in [3.05, 3.63) is 28.8 Å². The van der Waals surface area contributed by atoms with Crippen LogP contribution in [-0.2, 0) is 0 Å². The van der Waals surface area contributed by atoms with E-state index in [0.717, 1.165) is 48.6 Å². The Morgan fingerprint density at radius 3 is 2.45 bits per heavy atom. The largest absolute Gasteiger partial charge is 0.496 e. The van der Waals surface area contributed by atoms with E-state index in [2.05, 4.69) is 29.8 Å². The number of aliphatic hydroxyl groups excluding tert-OH is 1. The van der Waals surface area contributed by atoms with Crippen molar-refractivity contribution in [1.29, 1.82) is 0 Å². The quantitative estimate of drug-likeness (QED) is 0.907. The minimum Gasteiger partial charge on any atom is -0.496 e. The number of rotatable bonds is 4. The molecule has 4 nitrogen and oxygen atoms in total. The lowest BCUT2D eigenvalue weighted by Gasteiger charge is -2.33. The maximum atomic E-state index is 10.6. The van der Waals surface area contributed by atoms with Crippen LogP contribution >= 0.6 is 0 Å². The fourth-order valence-corrected chi connectivity index (χ4v) is 2.89. The molecule has 0 bridgehead atoms. The van der Waals surface area contributed by atoms with E-state index in [0.29, 0.717) is 6.54 Å². The number of hydrogen-bond donors (Lipinski definition) is 1. The van der Waals surface area contributed by atoms with Crippen molar-refractivity contribution in [3.63, 3.8) is 0 Å². The molecule has 0 saturated carbocycles. The van der Waals surface area contributed by atoms with Gasteiger partial charge in [-0.15, -0.1) is 0 Å². The van der Waals surface area contributed by atoms with Crippen LogP contribution in [0.1, 0.15) is 22.8 Å². The van der Waals surface area contributed by atoms with Gasteiger partial charge in [-0.1, -0.05) is 11.6 Å². The zero-order valence-electron chi connectivity index (χ0n) is 13.0. The first-order valence-electron chi connectivity index (χ1n) is 7.25. The molecule has 0 spiro atoms. The monoisotopic (exact) mass is 278 g/mol. The van der Waals surface area contributed by atoms with Gasteiger partial charge in [-0.2, -0.15) is 0 Å². The number of piperazine rings is 1. The SMILES string of the molecule is COc1c(C)cc(C)cc1C(O)CN1CCN(C)CC1. The lowest BCUT2D eigenvalue weighted by atomic mass is 10.0. The first-order valence-corrected chi connectivity index (χ1v) is 7.25. The van der Waals surface area contributed by atoms with Crippen LogP contribution in [0, 0.1) is 13.8 Å². The summed E-state index contributed by atoms with van der Waals surface area (Å²) in [4.78, 5) is 4.64. The van der Waals surface area contributed by atoms with Crippen molar-refractivity contribution in [3.8, 4) is 5.75 Å². The van der Waals surface area contributed by atoms with E-state index in [1.807, 2.05) is 13.0 Å². The molecular weight excluding hydrogens is 252 g/mol. The zero-order chi connectivity index (χ0) is 14.7. The molecule has 0 radical (unpaired) electrons. The Hall–Kier alpha value is -1.10. The van der Waals surface area contributed by atoms with Gasteiger partial charge in [0.1, 0.15) is 5.75 Å². The van der Waals surface area contributed by atoms with E-state index in [1.54, 1.807) is 7.11 Å². The fourth-order valence-electron chi connectivity index (χ4n) is 2.89. The Morgan fingerprint density at radius 1 is 1.20 bits per heavy atom. The Bertz CT molecular complexity index is 454. The van der Waals surface area contributed by atoms with E-state index in [1.165, 1.54) is 0 Å². The molecule has 1 N–H and O–H groups in total. The average molecular weight is 278 g/mol. The number of ether oxygens (including phenoxy) is 1. The molecule has 1 saturated heterocycles. The molecule has 4 heteroatoms. The van der Waals surface area contributed by atoms with Crippen LogP contribution in [0.3, 0.4) is 0 Å². The van der Waals surface area contributed by atoms with Crippen LogP contribution < -0.4 is 4.74 Å². The topological polar surface area (TPSA) is 35.9 Å². The minimum atomic E-state index is -0.494. The second-order valence-corrected chi connectivity index (χ2v) is 5.82. The molecule has 0 amide bonds. The van der Waals surface area contributed by atoms with Crippen LogP contribution in [0.5, 0.6) is 5.75 Å². The van der Waals surface area contributed by atoms with Gasteiger partial charge in [-0.05, 0) is 32.5 Å². The van der Waals surface area contributed by atoms with Gasteiger partial charge in [0.2, 0.25) is 0 Å². The second-order valence-electron chi connectivity index (χ2n) is 5.82. The number of nitrogens with zero attached hydrogens (tertiary/aromatic N) is 2. The van der Waals surface area contributed by atoms with Crippen LogP contribution in [0.2, 0.25) is 0 Å². The van der Waals surface area contributed by atoms with Gasteiger partial charge >= 0.3 is 0 Å². The molecule has 0 aromatic heterocycles. The number of likely N-dealkylation sites (N-methyl/N-ethyl adjacent to an activating group) is 1. The Labute approximate surface area is 122 Å². The fraction of sp³-hybridized carbons (Fsp3) is 0.625. The van der Waals surface area contributed by atoms with Crippen LogP contribution in [-0.4, -0.2) is 61.8 Å². The molecule has 112 valence electrons. The minimum absolute atomic E-state index is 0.494. The molecule has 20 heavy (non-hydrogen) atoms. The maximum Gasteiger partial charge on any atom is 0.127 e. The molecule has 1 aliphatic rings. The van der Waals surface area contributed by atoms with E-state index < -0.39 is 6.10 Å². The maximum absolute atomic E-state index is 10.6. The van der Waals surface area contributed by atoms with Crippen LogP contribution in [0.25, 0.3) is 0 Å². The first-order chi connectivity index (χ1) is 9.51. The van der Waals surface area contributed by atoms with Crippen molar-refractivity contribution in [1.82, 2.24) is 9.80 Å². The number of aryl methyl sites for hydroxylation is 2. The van der Waals surface area contributed by atoms with Crippen molar-refractivity contribution >= 4 is 0 Å². The standard InChI is InChI=1S/C16H26N2O2/c1-12-9-13(2)16(20-4)14(10-12)15(19)11-18-7-5-17(3)6-8-18/h9-10,15,19H,5-8,11H2,1-4H3. The number of benzene rings is 1. The summed E-state index contributed by atoms with van der Waals surface area (Å²) in [6.45, 7) is 8.91. The normalized spacial score (nSPS) is 19.1. The highest BCUT2D eigenvalue weighted by molar-refractivity contribution is 5.45. The van der Waals surface area contributed by atoms with Gasteiger partial charge in [-0.3, -0.25) is 4.90 Å². The third-order valence-electron chi connectivity index (χ3n) is 4.04. The summed E-state index contributed by atoms with van der Waals surface area (Å²) in [6, 6.07) is 4.12. The summed E-state index contributed by atoms with van der Waals surface area (Å²) in [6.07, 6.45) is -0.494. The van der Waals surface area contributed by atoms with Gasteiger partial charge in [0.15, 0.2) is 0 Å². The summed E-state index contributed by atoms with van der Waals surface area (Å²) in [7, 11) is 3.81. The molecular formula is C16H26N2O2. The van der Waals surface area contributed by atoms with E-state index >= 15 is 0 Å². The van der Waals surface area contributed by atoms with Crippen molar-refractivity contribution in [2.24, 2.45) is 0 Å². The third-order valence-corrected chi connectivity index (χ3v) is 4.04. The number of β-amino-alcohol motifs (C(OH)–C–C–N with tert-alkyl or cyclic N) is 1. The molecule has 1 fully saturated rings. The van der Waals surface area contributed by atoms with Crippen molar-refractivity contribution in [2.45, 2.75) is 20.0 Å². The van der Waals surface area contributed by atoms with Gasteiger partial charge in [0.05, 0.1) is 13.2 Å². The lowest BCUT2D eigenvalue weighted by molar-refractivity contribution is 0.0790. The number of aliphatic hydroxyl groups is 1. The molecule has 1 unspecified atom stereocenters. The van der Waals surface area contributed by atoms with Crippen LogP contribution in [0.15, 0.2) is 12.1 Å².